The minimum absolute atomic E-state index is 0.0325. The van der Waals surface area contributed by atoms with Crippen molar-refractivity contribution in [3.8, 4) is 27.6 Å². The average Bonchev–Trinajstić information content (AvgIpc) is 3.16. The largest absolute Gasteiger partial charge is 0.482 e. The maximum Gasteiger partial charge on any atom is 0.262 e. The number of rotatable bonds is 4. The molecule has 1 N–H and O–H groups in total. The number of aromatic nitrogens is 1. The molecule has 0 bridgehead atoms. The van der Waals surface area contributed by atoms with Gasteiger partial charge in [0.1, 0.15) is 17.4 Å². The highest BCUT2D eigenvalue weighted by molar-refractivity contribution is 7.13. The third kappa shape index (κ3) is 3.21. The smallest absolute Gasteiger partial charge is 0.262 e. The monoisotopic (exact) mass is 382 g/mol. The van der Waals surface area contributed by atoms with E-state index in [0.29, 0.717) is 11.3 Å². The van der Waals surface area contributed by atoms with Gasteiger partial charge >= 0.3 is 0 Å². The van der Waals surface area contributed by atoms with Gasteiger partial charge in [0.2, 0.25) is 0 Å². The molecule has 0 saturated carbocycles. The Morgan fingerprint density at radius 1 is 1.22 bits per heavy atom. The average molecular weight is 382 g/mol. The number of benzene rings is 2. The number of fused-ring (bicyclic) bond motifs is 1. The molecule has 0 fully saturated rings. The van der Waals surface area contributed by atoms with Crippen molar-refractivity contribution in [2.75, 3.05) is 11.9 Å². The molecule has 2 heterocycles. The van der Waals surface area contributed by atoms with Crippen molar-refractivity contribution >= 4 is 22.9 Å². The molecule has 27 heavy (non-hydrogen) atoms. The van der Waals surface area contributed by atoms with Gasteiger partial charge in [-0.15, -0.1) is 11.3 Å². The van der Waals surface area contributed by atoms with Crippen LogP contribution in [0.1, 0.15) is 30.9 Å². The maximum absolute atomic E-state index is 13.3. The van der Waals surface area contributed by atoms with Crippen LogP contribution in [-0.4, -0.2) is 17.5 Å². The molecular weight excluding hydrogens is 363 g/mol. The Balaban J connectivity index is 1.82. The second-order valence-electron chi connectivity index (χ2n) is 6.72. The van der Waals surface area contributed by atoms with Gasteiger partial charge in [0.25, 0.3) is 5.91 Å². The zero-order valence-electron chi connectivity index (χ0n) is 15.1. The van der Waals surface area contributed by atoms with E-state index < -0.39 is 6.67 Å². The lowest BCUT2D eigenvalue weighted by Gasteiger charge is -2.24. The predicted molar refractivity (Wildman–Crippen MR) is 106 cm³/mol. The molecule has 1 aromatic heterocycles. The minimum Gasteiger partial charge on any atom is -0.482 e. The number of thiazole rings is 1. The van der Waals surface area contributed by atoms with Crippen LogP contribution in [0.25, 0.3) is 21.8 Å². The van der Waals surface area contributed by atoms with E-state index in [0.717, 1.165) is 33.1 Å². The van der Waals surface area contributed by atoms with Crippen LogP contribution in [0, 0.1) is 0 Å². The van der Waals surface area contributed by atoms with Gasteiger partial charge in [-0.3, -0.25) is 4.79 Å². The Hall–Kier alpha value is -2.73. The van der Waals surface area contributed by atoms with E-state index in [-0.39, 0.29) is 18.4 Å². The highest BCUT2D eigenvalue weighted by atomic mass is 32.1. The molecule has 2 aromatic carbocycles. The number of hydrogen-bond donors (Lipinski definition) is 1. The number of carbonyl (C=O) groups excluding carboxylic acids is 1. The number of carbonyl (C=O) groups is 1. The highest BCUT2D eigenvalue weighted by Crippen LogP contribution is 2.43. The molecule has 4 rings (SSSR count). The molecular formula is C21H19FN2O2S. The Morgan fingerprint density at radius 3 is 2.81 bits per heavy atom. The number of amides is 1. The number of alkyl halides is 1. The number of halogens is 1. The van der Waals surface area contributed by atoms with Crippen molar-refractivity contribution in [3.05, 3.63) is 52.9 Å². The number of anilines is 1. The first-order chi connectivity index (χ1) is 13.1. The lowest BCUT2D eigenvalue weighted by Crippen LogP contribution is -2.26. The Bertz CT molecular complexity index is 1010. The van der Waals surface area contributed by atoms with Crippen LogP contribution in [0.4, 0.5) is 10.1 Å². The zero-order valence-corrected chi connectivity index (χ0v) is 15.9. The lowest BCUT2D eigenvalue weighted by molar-refractivity contribution is -0.118. The van der Waals surface area contributed by atoms with Crippen molar-refractivity contribution in [1.82, 2.24) is 4.98 Å². The number of nitrogens with one attached hydrogen (secondary N) is 1. The summed E-state index contributed by atoms with van der Waals surface area (Å²) in [5.41, 5.74) is 4.93. The third-order valence-electron chi connectivity index (χ3n) is 4.58. The summed E-state index contributed by atoms with van der Waals surface area (Å²) in [6.45, 7) is 3.66. The summed E-state index contributed by atoms with van der Waals surface area (Å²) in [5.74, 6) is 0.692. The highest BCUT2D eigenvalue weighted by Gasteiger charge is 2.24. The molecule has 1 amide bonds. The van der Waals surface area contributed by atoms with E-state index in [1.54, 1.807) is 6.07 Å². The van der Waals surface area contributed by atoms with Crippen LogP contribution in [0.3, 0.4) is 0 Å². The van der Waals surface area contributed by atoms with Gasteiger partial charge in [0.05, 0.1) is 11.4 Å². The summed E-state index contributed by atoms with van der Waals surface area (Å²) in [5, 5.41) is 5.70. The van der Waals surface area contributed by atoms with Crippen molar-refractivity contribution in [2.24, 2.45) is 0 Å². The summed E-state index contributed by atoms with van der Waals surface area (Å²) in [4.78, 5) is 16.6. The molecule has 0 atom stereocenters. The van der Waals surface area contributed by atoms with Crippen molar-refractivity contribution in [3.63, 3.8) is 0 Å². The van der Waals surface area contributed by atoms with Gasteiger partial charge in [-0.1, -0.05) is 38.1 Å². The first kappa shape index (κ1) is 17.7. The third-order valence-corrected chi connectivity index (χ3v) is 5.46. The van der Waals surface area contributed by atoms with Crippen LogP contribution >= 0.6 is 11.3 Å². The minimum atomic E-state index is -0.523. The quantitative estimate of drug-likeness (QED) is 0.657. The molecule has 1 aliphatic heterocycles. The Morgan fingerprint density at radius 2 is 2.04 bits per heavy atom. The zero-order chi connectivity index (χ0) is 19.0. The fraction of sp³-hybridized carbons (Fsp3) is 0.238. The van der Waals surface area contributed by atoms with Gasteiger partial charge in [-0.2, -0.15) is 0 Å². The molecule has 0 radical (unpaired) electrons. The van der Waals surface area contributed by atoms with Crippen molar-refractivity contribution in [1.29, 1.82) is 0 Å². The summed E-state index contributed by atoms with van der Waals surface area (Å²) in [7, 11) is 0. The standard InChI is InChI=1S/C21H19FN2O2S/c1-12(2)19-15(7-8-17-20(19)24-18(25)10-26-17)16-11-27-21(23-16)14-6-4-3-5-13(14)9-22/h3-8,11-12H,9-10H2,1-2H3,(H,24,25). The molecule has 4 nitrogen and oxygen atoms in total. The van der Waals surface area contributed by atoms with Gasteiger partial charge in [-0.05, 0) is 29.2 Å². The molecule has 0 unspecified atom stereocenters. The SMILES string of the molecule is CC(C)c1c(-c2csc(-c3ccccc3CF)n2)ccc2c1NC(=O)CO2. The van der Waals surface area contributed by atoms with Gasteiger partial charge < -0.3 is 10.1 Å². The van der Waals surface area contributed by atoms with E-state index in [1.165, 1.54) is 11.3 Å². The van der Waals surface area contributed by atoms with E-state index in [9.17, 15) is 9.18 Å². The van der Waals surface area contributed by atoms with Crippen LogP contribution in [0.2, 0.25) is 0 Å². The van der Waals surface area contributed by atoms with Gasteiger partial charge in [-0.25, -0.2) is 9.37 Å². The Labute approximate surface area is 161 Å². The van der Waals surface area contributed by atoms with Crippen molar-refractivity contribution in [2.45, 2.75) is 26.4 Å². The van der Waals surface area contributed by atoms with E-state index >= 15 is 0 Å². The topological polar surface area (TPSA) is 51.2 Å². The second-order valence-corrected chi connectivity index (χ2v) is 7.58. The number of ether oxygens (including phenoxy) is 1. The molecule has 1 aliphatic rings. The predicted octanol–water partition coefficient (Wildman–Crippen LogP) is 5.40. The van der Waals surface area contributed by atoms with Crippen molar-refractivity contribution < 1.29 is 13.9 Å². The molecule has 0 aliphatic carbocycles. The molecule has 0 saturated heterocycles. The summed E-state index contributed by atoms with van der Waals surface area (Å²) >= 11 is 1.49. The molecule has 138 valence electrons. The summed E-state index contributed by atoms with van der Waals surface area (Å²) in [6.07, 6.45) is 0. The summed E-state index contributed by atoms with van der Waals surface area (Å²) < 4.78 is 18.9. The first-order valence-corrected chi connectivity index (χ1v) is 9.66. The summed E-state index contributed by atoms with van der Waals surface area (Å²) in [6, 6.07) is 11.2. The fourth-order valence-corrected chi connectivity index (χ4v) is 4.24. The maximum atomic E-state index is 13.3. The van der Waals surface area contributed by atoms with Crippen LogP contribution < -0.4 is 10.1 Å². The van der Waals surface area contributed by atoms with Crippen LogP contribution in [0.15, 0.2) is 41.8 Å². The normalized spacial score (nSPS) is 13.3. The van der Waals surface area contributed by atoms with Crippen LogP contribution in [0.5, 0.6) is 5.75 Å². The van der Waals surface area contributed by atoms with Gasteiger partial charge in [0.15, 0.2) is 6.61 Å². The van der Waals surface area contributed by atoms with E-state index in [2.05, 4.69) is 19.2 Å². The molecule has 0 spiro atoms. The van der Waals surface area contributed by atoms with E-state index in [1.807, 2.05) is 35.7 Å². The molecule has 3 aromatic rings. The second kappa shape index (κ2) is 7.12. The lowest BCUT2D eigenvalue weighted by atomic mass is 9.92. The number of nitrogens with zero attached hydrogens (tertiary/aromatic N) is 1. The van der Waals surface area contributed by atoms with Crippen LogP contribution in [-0.2, 0) is 11.5 Å². The van der Waals surface area contributed by atoms with E-state index in [4.69, 9.17) is 9.72 Å². The molecule has 6 heteroatoms. The fourth-order valence-electron chi connectivity index (χ4n) is 3.36. The van der Waals surface area contributed by atoms with Gasteiger partial charge in [0, 0.05) is 16.5 Å². The first-order valence-electron chi connectivity index (χ1n) is 8.78. The Kier molecular flexibility index (Phi) is 4.66. The number of hydrogen-bond acceptors (Lipinski definition) is 4.